The molecule has 0 aliphatic heterocycles. The lowest BCUT2D eigenvalue weighted by Gasteiger charge is -1.99. The lowest BCUT2D eigenvalue weighted by Crippen LogP contribution is -2.03. The normalized spacial score (nSPS) is 9.38. The summed E-state index contributed by atoms with van der Waals surface area (Å²) in [4.78, 5) is 14.8. The van der Waals surface area contributed by atoms with Gasteiger partial charge in [0.15, 0.2) is 0 Å². The van der Waals surface area contributed by atoms with Gasteiger partial charge in [-0.25, -0.2) is 4.79 Å². The van der Waals surface area contributed by atoms with Crippen LogP contribution in [0, 0.1) is 5.41 Å². The second kappa shape index (κ2) is 4.00. The van der Waals surface area contributed by atoms with Gasteiger partial charge in [0.1, 0.15) is 10.9 Å². The minimum absolute atomic E-state index is 0.203. The van der Waals surface area contributed by atoms with E-state index in [1.807, 2.05) is 0 Å². The fourth-order valence-electron chi connectivity index (χ4n) is 0.795. The van der Waals surface area contributed by atoms with Crippen LogP contribution >= 0.6 is 11.6 Å². The van der Waals surface area contributed by atoms with Crippen LogP contribution in [-0.4, -0.2) is 23.2 Å². The van der Waals surface area contributed by atoms with E-state index in [1.54, 1.807) is 0 Å². The number of esters is 1. The van der Waals surface area contributed by atoms with Crippen molar-refractivity contribution in [2.24, 2.45) is 0 Å². The molecule has 1 rings (SSSR count). The Morgan fingerprint density at radius 3 is 2.92 bits per heavy atom. The van der Waals surface area contributed by atoms with Crippen LogP contribution in [0.2, 0.25) is 0 Å². The van der Waals surface area contributed by atoms with E-state index in [2.05, 4.69) is 9.72 Å². The van der Waals surface area contributed by atoms with Crippen LogP contribution in [0.25, 0.3) is 0 Å². The molecule has 0 saturated heterocycles. The summed E-state index contributed by atoms with van der Waals surface area (Å²) >= 11 is 5.39. The Hall–Kier alpha value is -1.42. The second-order valence-corrected chi connectivity index (χ2v) is 2.61. The molecule has 1 N–H and O–H groups in total. The first-order valence-electron chi connectivity index (χ1n) is 3.44. The molecule has 0 spiro atoms. The molecule has 5 heteroatoms. The van der Waals surface area contributed by atoms with Crippen molar-refractivity contribution < 1.29 is 9.53 Å². The van der Waals surface area contributed by atoms with Crippen LogP contribution in [0.3, 0.4) is 0 Å². The van der Waals surface area contributed by atoms with Gasteiger partial charge in [-0.15, -0.1) is 0 Å². The standard InChI is InChI=1S/C8H7ClN2O2/c1-13-8(12)5-2-3-11-6(4-5)7(9)10/h2-4,10H,1H3. The molecule has 0 amide bonds. The van der Waals surface area contributed by atoms with Crippen LogP contribution < -0.4 is 0 Å². The van der Waals surface area contributed by atoms with Gasteiger partial charge in [-0.05, 0) is 12.1 Å². The Bertz CT molecular complexity index is 352. The molecule has 0 radical (unpaired) electrons. The number of pyridine rings is 1. The number of hydrogen-bond donors (Lipinski definition) is 1. The molecule has 0 aliphatic carbocycles. The van der Waals surface area contributed by atoms with Gasteiger partial charge in [0.25, 0.3) is 0 Å². The number of ether oxygens (including phenoxy) is 1. The number of halogens is 1. The quantitative estimate of drug-likeness (QED) is 0.578. The zero-order valence-corrected chi connectivity index (χ0v) is 7.63. The van der Waals surface area contributed by atoms with E-state index in [-0.39, 0.29) is 10.9 Å². The Kier molecular flexibility index (Phi) is 2.97. The highest BCUT2D eigenvalue weighted by Gasteiger charge is 2.07. The van der Waals surface area contributed by atoms with Crippen LogP contribution in [0.5, 0.6) is 0 Å². The van der Waals surface area contributed by atoms with Crippen molar-refractivity contribution in [2.45, 2.75) is 0 Å². The molecule has 0 bridgehead atoms. The zero-order valence-electron chi connectivity index (χ0n) is 6.87. The van der Waals surface area contributed by atoms with Gasteiger partial charge in [-0.2, -0.15) is 0 Å². The molecule has 13 heavy (non-hydrogen) atoms. The van der Waals surface area contributed by atoms with Gasteiger partial charge in [0, 0.05) is 6.20 Å². The first kappa shape index (κ1) is 9.67. The van der Waals surface area contributed by atoms with E-state index >= 15 is 0 Å². The summed E-state index contributed by atoms with van der Waals surface area (Å²) in [6, 6.07) is 2.90. The summed E-state index contributed by atoms with van der Waals surface area (Å²) in [6.45, 7) is 0. The Labute approximate surface area is 80.0 Å². The highest BCUT2D eigenvalue weighted by molar-refractivity contribution is 6.68. The smallest absolute Gasteiger partial charge is 0.337 e. The van der Waals surface area contributed by atoms with Crippen molar-refractivity contribution in [3.63, 3.8) is 0 Å². The van der Waals surface area contributed by atoms with Gasteiger partial charge in [0.2, 0.25) is 0 Å². The van der Waals surface area contributed by atoms with Crippen LogP contribution in [0.15, 0.2) is 18.3 Å². The zero-order chi connectivity index (χ0) is 9.84. The second-order valence-electron chi connectivity index (χ2n) is 2.24. The molecule has 1 aromatic heterocycles. The van der Waals surface area contributed by atoms with Crippen LogP contribution in [-0.2, 0) is 4.74 Å². The lowest BCUT2D eigenvalue weighted by molar-refractivity contribution is 0.0600. The van der Waals surface area contributed by atoms with Crippen molar-refractivity contribution in [2.75, 3.05) is 7.11 Å². The summed E-state index contributed by atoms with van der Waals surface area (Å²) in [5, 5.41) is 6.88. The van der Waals surface area contributed by atoms with Gasteiger partial charge in [0.05, 0.1) is 12.7 Å². The predicted molar refractivity (Wildman–Crippen MR) is 48.3 cm³/mol. The molecule has 0 atom stereocenters. The highest BCUT2D eigenvalue weighted by atomic mass is 35.5. The summed E-state index contributed by atoms with van der Waals surface area (Å²) in [6.07, 6.45) is 1.40. The highest BCUT2D eigenvalue weighted by Crippen LogP contribution is 2.05. The monoisotopic (exact) mass is 198 g/mol. The van der Waals surface area contributed by atoms with Crippen LogP contribution in [0.4, 0.5) is 0 Å². The molecule has 1 aromatic rings. The molecule has 0 saturated carbocycles. The number of aromatic nitrogens is 1. The summed E-state index contributed by atoms with van der Waals surface area (Å²) in [5.74, 6) is -0.471. The fourth-order valence-corrected chi connectivity index (χ4v) is 0.899. The third kappa shape index (κ3) is 2.26. The lowest BCUT2D eigenvalue weighted by atomic mass is 10.2. The van der Waals surface area contributed by atoms with Crippen molar-refractivity contribution >= 4 is 22.7 Å². The average molecular weight is 199 g/mol. The summed E-state index contributed by atoms with van der Waals surface area (Å²) in [5.41, 5.74) is 0.586. The maximum atomic E-state index is 11.0. The number of nitrogens with one attached hydrogen (secondary N) is 1. The number of carbonyl (C=O) groups is 1. The fraction of sp³-hybridized carbons (Fsp3) is 0.125. The maximum Gasteiger partial charge on any atom is 0.337 e. The molecule has 0 aromatic carbocycles. The van der Waals surface area contributed by atoms with E-state index in [0.717, 1.165) is 0 Å². The van der Waals surface area contributed by atoms with E-state index in [1.165, 1.54) is 25.4 Å². The Morgan fingerprint density at radius 2 is 2.38 bits per heavy atom. The third-order valence-electron chi connectivity index (χ3n) is 1.41. The van der Waals surface area contributed by atoms with Crippen molar-refractivity contribution in [1.29, 1.82) is 5.41 Å². The minimum atomic E-state index is -0.471. The molecule has 4 nitrogen and oxygen atoms in total. The average Bonchev–Trinajstić information content (AvgIpc) is 2.17. The maximum absolute atomic E-state index is 11.0. The van der Waals surface area contributed by atoms with E-state index < -0.39 is 5.97 Å². The number of rotatable bonds is 2. The Morgan fingerprint density at radius 1 is 1.69 bits per heavy atom. The van der Waals surface area contributed by atoms with Crippen molar-refractivity contribution in [3.8, 4) is 0 Å². The molecular weight excluding hydrogens is 192 g/mol. The molecule has 0 fully saturated rings. The largest absolute Gasteiger partial charge is 0.465 e. The van der Waals surface area contributed by atoms with Gasteiger partial charge in [-0.3, -0.25) is 10.4 Å². The molecular formula is C8H7ClN2O2. The SMILES string of the molecule is COC(=O)c1ccnc(C(=N)Cl)c1. The van der Waals surface area contributed by atoms with Gasteiger partial charge < -0.3 is 4.74 Å². The first-order chi connectivity index (χ1) is 6.15. The number of hydrogen-bond acceptors (Lipinski definition) is 4. The molecule has 68 valence electrons. The van der Waals surface area contributed by atoms with Crippen LogP contribution in [0.1, 0.15) is 16.1 Å². The first-order valence-corrected chi connectivity index (χ1v) is 3.81. The summed E-state index contributed by atoms with van der Waals surface area (Å²) < 4.78 is 4.49. The number of carbonyl (C=O) groups excluding carboxylic acids is 1. The number of nitrogens with zero attached hydrogens (tertiary/aromatic N) is 1. The van der Waals surface area contributed by atoms with E-state index in [9.17, 15) is 4.79 Å². The van der Waals surface area contributed by atoms with Crippen molar-refractivity contribution in [3.05, 3.63) is 29.6 Å². The summed E-state index contributed by atoms with van der Waals surface area (Å²) in [7, 11) is 1.29. The number of methoxy groups -OCH3 is 1. The van der Waals surface area contributed by atoms with E-state index in [0.29, 0.717) is 5.56 Å². The predicted octanol–water partition coefficient (Wildman–Crippen LogP) is 1.43. The minimum Gasteiger partial charge on any atom is -0.465 e. The Balaban J connectivity index is 3.05. The van der Waals surface area contributed by atoms with Gasteiger partial charge in [-0.1, -0.05) is 11.6 Å². The van der Waals surface area contributed by atoms with Crippen molar-refractivity contribution in [1.82, 2.24) is 4.98 Å². The van der Waals surface area contributed by atoms with Gasteiger partial charge >= 0.3 is 5.97 Å². The molecule has 0 aliphatic rings. The third-order valence-corrected chi connectivity index (χ3v) is 1.60. The molecule has 1 heterocycles. The molecule has 0 unspecified atom stereocenters. The van der Waals surface area contributed by atoms with E-state index in [4.69, 9.17) is 17.0 Å². The topological polar surface area (TPSA) is 63.0 Å².